The molecule has 1 fully saturated rings. The Balaban J connectivity index is 1.62. The van der Waals surface area contributed by atoms with Gasteiger partial charge in [0.25, 0.3) is 0 Å². The lowest BCUT2D eigenvalue weighted by molar-refractivity contribution is -0.121. The van der Waals surface area contributed by atoms with Gasteiger partial charge in [0.15, 0.2) is 5.82 Å². The predicted molar refractivity (Wildman–Crippen MR) is 61.1 cm³/mol. The van der Waals surface area contributed by atoms with E-state index in [1.54, 1.807) is 6.92 Å². The van der Waals surface area contributed by atoms with Gasteiger partial charge in [0.2, 0.25) is 11.8 Å². The maximum atomic E-state index is 11.5. The SMILES string of the molecule is Cc1noc(CCNC(=O)CC(N)C2CC2)n1. The van der Waals surface area contributed by atoms with E-state index in [0.29, 0.717) is 37.0 Å². The second-order valence-corrected chi connectivity index (χ2v) is 4.54. The Bertz CT molecular complexity index is 387. The van der Waals surface area contributed by atoms with Crippen molar-refractivity contribution < 1.29 is 9.32 Å². The van der Waals surface area contributed by atoms with Crippen molar-refractivity contribution in [1.29, 1.82) is 0 Å². The Labute approximate surface area is 99.9 Å². The van der Waals surface area contributed by atoms with Gasteiger partial charge in [-0.3, -0.25) is 4.79 Å². The quantitative estimate of drug-likeness (QED) is 0.736. The van der Waals surface area contributed by atoms with Gasteiger partial charge in [-0.1, -0.05) is 5.16 Å². The number of rotatable bonds is 6. The minimum atomic E-state index is 0.000590. The lowest BCUT2D eigenvalue weighted by Crippen LogP contribution is -2.33. The van der Waals surface area contributed by atoms with Crippen LogP contribution in [0.15, 0.2) is 4.52 Å². The van der Waals surface area contributed by atoms with Crippen LogP contribution in [0.25, 0.3) is 0 Å². The largest absolute Gasteiger partial charge is 0.356 e. The summed E-state index contributed by atoms with van der Waals surface area (Å²) >= 11 is 0. The van der Waals surface area contributed by atoms with E-state index < -0.39 is 0 Å². The van der Waals surface area contributed by atoms with E-state index in [1.807, 2.05) is 0 Å². The first kappa shape index (κ1) is 12.0. The molecule has 17 heavy (non-hydrogen) atoms. The van der Waals surface area contributed by atoms with Crippen molar-refractivity contribution in [2.45, 2.75) is 38.6 Å². The van der Waals surface area contributed by atoms with E-state index >= 15 is 0 Å². The zero-order valence-electron chi connectivity index (χ0n) is 9.98. The second-order valence-electron chi connectivity index (χ2n) is 4.54. The molecule has 1 amide bonds. The van der Waals surface area contributed by atoms with Gasteiger partial charge in [0, 0.05) is 25.4 Å². The smallest absolute Gasteiger partial charge is 0.228 e. The molecule has 1 aromatic heterocycles. The van der Waals surface area contributed by atoms with Gasteiger partial charge < -0.3 is 15.6 Å². The topological polar surface area (TPSA) is 94.0 Å². The maximum absolute atomic E-state index is 11.5. The molecule has 0 aliphatic heterocycles. The molecule has 0 bridgehead atoms. The fourth-order valence-corrected chi connectivity index (χ4v) is 1.73. The van der Waals surface area contributed by atoms with E-state index in [4.69, 9.17) is 10.3 Å². The van der Waals surface area contributed by atoms with Crippen LogP contribution in [0.2, 0.25) is 0 Å². The second kappa shape index (κ2) is 5.27. The van der Waals surface area contributed by atoms with Gasteiger partial charge in [-0.2, -0.15) is 4.98 Å². The molecule has 1 heterocycles. The molecule has 3 N–H and O–H groups in total. The molecule has 2 rings (SSSR count). The Hall–Kier alpha value is -1.43. The first-order valence-electron chi connectivity index (χ1n) is 5.96. The molecule has 1 aliphatic rings. The standard InChI is InChI=1S/C11H18N4O2/c1-7-14-11(17-15-7)4-5-13-10(16)6-9(12)8-2-3-8/h8-9H,2-6,12H2,1H3,(H,13,16). The van der Waals surface area contributed by atoms with Crippen molar-refractivity contribution >= 4 is 5.91 Å². The van der Waals surface area contributed by atoms with E-state index in [-0.39, 0.29) is 11.9 Å². The summed E-state index contributed by atoms with van der Waals surface area (Å²) in [7, 11) is 0. The monoisotopic (exact) mass is 238 g/mol. The summed E-state index contributed by atoms with van der Waals surface area (Å²) in [6, 6.07) is 0.0145. The van der Waals surface area contributed by atoms with Crippen LogP contribution in [-0.2, 0) is 11.2 Å². The van der Waals surface area contributed by atoms with Crippen LogP contribution in [0.4, 0.5) is 0 Å². The molecule has 1 aromatic rings. The van der Waals surface area contributed by atoms with Gasteiger partial charge >= 0.3 is 0 Å². The van der Waals surface area contributed by atoms with Crippen molar-refractivity contribution in [3.05, 3.63) is 11.7 Å². The molecular weight excluding hydrogens is 220 g/mol. The number of nitrogens with zero attached hydrogens (tertiary/aromatic N) is 2. The number of carbonyl (C=O) groups excluding carboxylic acids is 1. The van der Waals surface area contributed by atoms with Crippen LogP contribution in [0.1, 0.15) is 31.0 Å². The van der Waals surface area contributed by atoms with Crippen LogP contribution in [0.3, 0.4) is 0 Å². The number of nitrogens with one attached hydrogen (secondary N) is 1. The zero-order valence-corrected chi connectivity index (χ0v) is 9.98. The van der Waals surface area contributed by atoms with Crippen LogP contribution in [-0.4, -0.2) is 28.6 Å². The van der Waals surface area contributed by atoms with Gasteiger partial charge in [-0.05, 0) is 25.7 Å². The maximum Gasteiger partial charge on any atom is 0.228 e. The first-order valence-corrected chi connectivity index (χ1v) is 5.96. The number of nitrogens with two attached hydrogens (primary N) is 1. The van der Waals surface area contributed by atoms with Crippen molar-refractivity contribution in [2.75, 3.05) is 6.54 Å². The predicted octanol–water partition coefficient (Wildman–Crippen LogP) is 0.164. The number of carbonyl (C=O) groups is 1. The summed E-state index contributed by atoms with van der Waals surface area (Å²) in [6.07, 6.45) is 3.30. The summed E-state index contributed by atoms with van der Waals surface area (Å²) < 4.78 is 4.94. The molecule has 0 spiro atoms. The van der Waals surface area contributed by atoms with E-state index in [2.05, 4.69) is 15.5 Å². The lowest BCUT2D eigenvalue weighted by atomic mass is 10.1. The van der Waals surface area contributed by atoms with Gasteiger partial charge in [-0.15, -0.1) is 0 Å². The van der Waals surface area contributed by atoms with E-state index in [1.165, 1.54) is 0 Å². The molecule has 1 aliphatic carbocycles. The molecule has 1 saturated carbocycles. The summed E-state index contributed by atoms with van der Waals surface area (Å²) in [5, 5.41) is 6.48. The highest BCUT2D eigenvalue weighted by Gasteiger charge is 2.29. The summed E-state index contributed by atoms with van der Waals surface area (Å²) in [6.45, 7) is 2.28. The molecule has 0 saturated heterocycles. The summed E-state index contributed by atoms with van der Waals surface area (Å²) in [4.78, 5) is 15.6. The van der Waals surface area contributed by atoms with Gasteiger partial charge in [0.05, 0.1) is 0 Å². The highest BCUT2D eigenvalue weighted by molar-refractivity contribution is 5.76. The number of hydrogen-bond acceptors (Lipinski definition) is 5. The van der Waals surface area contributed by atoms with Crippen molar-refractivity contribution in [2.24, 2.45) is 11.7 Å². The minimum absolute atomic E-state index is 0.000590. The van der Waals surface area contributed by atoms with Gasteiger partial charge in [0.1, 0.15) is 0 Å². The number of hydrogen-bond donors (Lipinski definition) is 2. The minimum Gasteiger partial charge on any atom is -0.356 e. The van der Waals surface area contributed by atoms with Crippen molar-refractivity contribution in [3.8, 4) is 0 Å². The summed E-state index contributed by atoms with van der Waals surface area (Å²) in [5.74, 6) is 1.72. The van der Waals surface area contributed by atoms with Crippen LogP contribution < -0.4 is 11.1 Å². The molecule has 0 radical (unpaired) electrons. The lowest BCUT2D eigenvalue weighted by Gasteiger charge is -2.09. The molecule has 6 heteroatoms. The fourth-order valence-electron chi connectivity index (χ4n) is 1.73. The molecule has 1 atom stereocenters. The molecular formula is C11H18N4O2. The molecule has 0 aromatic carbocycles. The Morgan fingerprint density at radius 1 is 1.65 bits per heavy atom. The van der Waals surface area contributed by atoms with Crippen LogP contribution in [0.5, 0.6) is 0 Å². The van der Waals surface area contributed by atoms with Crippen molar-refractivity contribution in [3.63, 3.8) is 0 Å². The number of aryl methyl sites for hydroxylation is 1. The Morgan fingerprint density at radius 3 is 3.00 bits per heavy atom. The third-order valence-corrected chi connectivity index (χ3v) is 2.88. The highest BCUT2D eigenvalue weighted by Crippen LogP contribution is 2.32. The van der Waals surface area contributed by atoms with Crippen LogP contribution in [0, 0.1) is 12.8 Å². The fraction of sp³-hybridized carbons (Fsp3) is 0.727. The molecule has 6 nitrogen and oxygen atoms in total. The van der Waals surface area contributed by atoms with Crippen molar-refractivity contribution in [1.82, 2.24) is 15.5 Å². The Morgan fingerprint density at radius 2 is 2.41 bits per heavy atom. The van der Waals surface area contributed by atoms with Crippen LogP contribution >= 0.6 is 0 Å². The average Bonchev–Trinajstić information content (AvgIpc) is 3.04. The van der Waals surface area contributed by atoms with E-state index in [0.717, 1.165) is 12.8 Å². The third-order valence-electron chi connectivity index (χ3n) is 2.88. The zero-order chi connectivity index (χ0) is 12.3. The van der Waals surface area contributed by atoms with Gasteiger partial charge in [-0.25, -0.2) is 0 Å². The highest BCUT2D eigenvalue weighted by atomic mass is 16.5. The third kappa shape index (κ3) is 3.81. The molecule has 94 valence electrons. The molecule has 1 unspecified atom stereocenters. The number of amides is 1. The normalized spacial score (nSPS) is 16.8. The summed E-state index contributed by atoms with van der Waals surface area (Å²) in [5.41, 5.74) is 5.86. The first-order chi connectivity index (χ1) is 8.15. The Kier molecular flexibility index (Phi) is 3.73. The average molecular weight is 238 g/mol. The van der Waals surface area contributed by atoms with E-state index in [9.17, 15) is 4.79 Å². The number of aromatic nitrogens is 2.